The van der Waals surface area contributed by atoms with Gasteiger partial charge in [-0.2, -0.15) is 0 Å². The fourth-order valence-electron chi connectivity index (χ4n) is 3.28. The SMILES string of the molecule is CCC1CCC(n2c(=S)[nH]c3cc(F)ccc32)CC1. The van der Waals surface area contributed by atoms with Crippen molar-refractivity contribution in [1.29, 1.82) is 0 Å². The Bertz CT molecular complexity index is 635. The summed E-state index contributed by atoms with van der Waals surface area (Å²) in [4.78, 5) is 3.13. The lowest BCUT2D eigenvalue weighted by Crippen LogP contribution is -2.17. The number of hydrogen-bond acceptors (Lipinski definition) is 1. The maximum atomic E-state index is 13.3. The van der Waals surface area contributed by atoms with Gasteiger partial charge in [-0.3, -0.25) is 0 Å². The second-order valence-corrected chi connectivity index (χ2v) is 5.93. The maximum absolute atomic E-state index is 13.3. The van der Waals surface area contributed by atoms with E-state index in [0.29, 0.717) is 6.04 Å². The molecule has 3 rings (SSSR count). The van der Waals surface area contributed by atoms with E-state index < -0.39 is 0 Å². The van der Waals surface area contributed by atoms with E-state index in [1.54, 1.807) is 0 Å². The quantitative estimate of drug-likeness (QED) is 0.768. The number of halogens is 1. The van der Waals surface area contributed by atoms with Crippen LogP contribution in [-0.2, 0) is 0 Å². The van der Waals surface area contributed by atoms with Crippen LogP contribution >= 0.6 is 12.2 Å². The number of imidazole rings is 1. The minimum Gasteiger partial charge on any atom is -0.330 e. The number of aromatic nitrogens is 2. The van der Waals surface area contributed by atoms with Crippen molar-refractivity contribution < 1.29 is 4.39 Å². The molecule has 1 aliphatic rings. The highest BCUT2D eigenvalue weighted by Crippen LogP contribution is 2.35. The molecule has 0 aliphatic heterocycles. The second kappa shape index (κ2) is 5.08. The monoisotopic (exact) mass is 278 g/mol. The van der Waals surface area contributed by atoms with Crippen LogP contribution in [0.25, 0.3) is 11.0 Å². The standard InChI is InChI=1S/C15H19FN2S/c1-2-10-3-6-12(7-4-10)18-14-8-5-11(16)9-13(14)17-15(18)19/h5,8-10,12H,2-4,6-7H2,1H3,(H,17,19). The highest BCUT2D eigenvalue weighted by atomic mass is 32.1. The molecule has 0 spiro atoms. The molecule has 1 fully saturated rings. The first-order valence-electron chi connectivity index (χ1n) is 7.08. The molecular weight excluding hydrogens is 259 g/mol. The summed E-state index contributed by atoms with van der Waals surface area (Å²) in [6.07, 6.45) is 6.18. The molecule has 1 aliphatic carbocycles. The normalized spacial score (nSPS) is 23.9. The largest absolute Gasteiger partial charge is 0.330 e. The Morgan fingerprint density at radius 2 is 2.05 bits per heavy atom. The van der Waals surface area contributed by atoms with Crippen LogP contribution in [0, 0.1) is 16.5 Å². The van der Waals surface area contributed by atoms with Gasteiger partial charge in [0.2, 0.25) is 0 Å². The third-order valence-corrected chi connectivity index (χ3v) is 4.74. The highest BCUT2D eigenvalue weighted by molar-refractivity contribution is 7.71. The van der Waals surface area contributed by atoms with E-state index in [0.717, 1.165) is 21.7 Å². The summed E-state index contributed by atoms with van der Waals surface area (Å²) in [7, 11) is 0. The molecule has 0 radical (unpaired) electrons. The topological polar surface area (TPSA) is 20.7 Å². The molecule has 1 aromatic heterocycles. The molecule has 1 N–H and O–H groups in total. The molecule has 102 valence electrons. The van der Waals surface area contributed by atoms with Crippen LogP contribution in [-0.4, -0.2) is 9.55 Å². The Labute approximate surface area is 117 Å². The number of H-pyrrole nitrogens is 1. The summed E-state index contributed by atoms with van der Waals surface area (Å²) in [5.74, 6) is 0.652. The maximum Gasteiger partial charge on any atom is 0.178 e. The Kier molecular flexibility index (Phi) is 3.44. The van der Waals surface area contributed by atoms with Gasteiger partial charge < -0.3 is 9.55 Å². The average molecular weight is 278 g/mol. The summed E-state index contributed by atoms with van der Waals surface area (Å²) < 4.78 is 16.2. The predicted molar refractivity (Wildman–Crippen MR) is 78.4 cm³/mol. The number of hydrogen-bond donors (Lipinski definition) is 1. The summed E-state index contributed by atoms with van der Waals surface area (Å²) in [6.45, 7) is 2.27. The van der Waals surface area contributed by atoms with E-state index in [1.165, 1.54) is 44.2 Å². The zero-order valence-electron chi connectivity index (χ0n) is 11.2. The molecule has 4 heteroatoms. The number of benzene rings is 1. The molecular formula is C15H19FN2S. The first-order valence-corrected chi connectivity index (χ1v) is 7.49. The number of nitrogens with zero attached hydrogens (tertiary/aromatic N) is 1. The minimum atomic E-state index is -0.217. The van der Waals surface area contributed by atoms with E-state index in [2.05, 4.69) is 16.5 Å². The molecule has 0 unspecified atom stereocenters. The van der Waals surface area contributed by atoms with Crippen molar-refractivity contribution in [3.8, 4) is 0 Å². The molecule has 0 saturated heterocycles. The molecule has 19 heavy (non-hydrogen) atoms. The number of aromatic amines is 1. The molecule has 1 aromatic carbocycles. The Hall–Kier alpha value is -1.16. The van der Waals surface area contributed by atoms with Crippen molar-refractivity contribution in [1.82, 2.24) is 9.55 Å². The van der Waals surface area contributed by atoms with Gasteiger partial charge in [0.1, 0.15) is 5.82 Å². The van der Waals surface area contributed by atoms with Gasteiger partial charge in [0, 0.05) is 6.04 Å². The molecule has 2 nitrogen and oxygen atoms in total. The number of fused-ring (bicyclic) bond motifs is 1. The van der Waals surface area contributed by atoms with Crippen molar-refractivity contribution >= 4 is 23.3 Å². The van der Waals surface area contributed by atoms with Crippen LogP contribution in [0.3, 0.4) is 0 Å². The first kappa shape index (κ1) is 12.9. The lowest BCUT2D eigenvalue weighted by atomic mass is 9.84. The Balaban J connectivity index is 1.97. The fourth-order valence-corrected chi connectivity index (χ4v) is 3.63. The fraction of sp³-hybridized carbons (Fsp3) is 0.533. The zero-order valence-corrected chi connectivity index (χ0v) is 12.0. The van der Waals surface area contributed by atoms with Gasteiger partial charge in [-0.1, -0.05) is 13.3 Å². The number of nitrogens with one attached hydrogen (secondary N) is 1. The lowest BCUT2D eigenvalue weighted by Gasteiger charge is -2.29. The van der Waals surface area contributed by atoms with Crippen LogP contribution in [0.4, 0.5) is 4.39 Å². The van der Waals surface area contributed by atoms with Gasteiger partial charge in [-0.25, -0.2) is 4.39 Å². The molecule has 0 atom stereocenters. The van der Waals surface area contributed by atoms with Crippen LogP contribution < -0.4 is 0 Å². The van der Waals surface area contributed by atoms with Crippen LogP contribution in [0.5, 0.6) is 0 Å². The average Bonchev–Trinajstić information content (AvgIpc) is 2.74. The van der Waals surface area contributed by atoms with Crippen molar-refractivity contribution in [2.75, 3.05) is 0 Å². The smallest absolute Gasteiger partial charge is 0.178 e. The summed E-state index contributed by atoms with van der Waals surface area (Å²) >= 11 is 5.42. The Morgan fingerprint density at radius 3 is 2.74 bits per heavy atom. The molecule has 0 amide bonds. The second-order valence-electron chi connectivity index (χ2n) is 5.54. The van der Waals surface area contributed by atoms with Gasteiger partial charge >= 0.3 is 0 Å². The van der Waals surface area contributed by atoms with Crippen LogP contribution in [0.2, 0.25) is 0 Å². The number of rotatable bonds is 2. The van der Waals surface area contributed by atoms with Gasteiger partial charge in [0.25, 0.3) is 0 Å². The molecule has 1 heterocycles. The van der Waals surface area contributed by atoms with E-state index >= 15 is 0 Å². The lowest BCUT2D eigenvalue weighted by molar-refractivity contribution is 0.272. The van der Waals surface area contributed by atoms with Gasteiger partial charge in [-0.05, 0) is 62.0 Å². The van der Waals surface area contributed by atoms with Crippen molar-refractivity contribution in [2.45, 2.75) is 45.1 Å². The predicted octanol–water partition coefficient (Wildman–Crippen LogP) is 4.98. The van der Waals surface area contributed by atoms with Crippen molar-refractivity contribution in [2.24, 2.45) is 5.92 Å². The van der Waals surface area contributed by atoms with Crippen molar-refractivity contribution in [3.05, 3.63) is 28.8 Å². The van der Waals surface area contributed by atoms with Gasteiger partial charge in [-0.15, -0.1) is 0 Å². The summed E-state index contributed by atoms with van der Waals surface area (Å²) in [5, 5.41) is 0. The minimum absolute atomic E-state index is 0.217. The van der Waals surface area contributed by atoms with Gasteiger partial charge in [0.15, 0.2) is 4.77 Å². The van der Waals surface area contributed by atoms with E-state index in [9.17, 15) is 4.39 Å². The zero-order chi connectivity index (χ0) is 13.4. The summed E-state index contributed by atoms with van der Waals surface area (Å²) in [5.41, 5.74) is 1.84. The first-order chi connectivity index (χ1) is 9.19. The van der Waals surface area contributed by atoms with Crippen LogP contribution in [0.15, 0.2) is 18.2 Å². The molecule has 0 bridgehead atoms. The van der Waals surface area contributed by atoms with Gasteiger partial charge in [0.05, 0.1) is 11.0 Å². The van der Waals surface area contributed by atoms with E-state index in [4.69, 9.17) is 12.2 Å². The molecule has 2 aromatic rings. The van der Waals surface area contributed by atoms with Crippen molar-refractivity contribution in [3.63, 3.8) is 0 Å². The third kappa shape index (κ3) is 2.34. The van der Waals surface area contributed by atoms with E-state index in [-0.39, 0.29) is 5.82 Å². The van der Waals surface area contributed by atoms with E-state index in [1.807, 2.05) is 6.07 Å². The van der Waals surface area contributed by atoms with Crippen LogP contribution in [0.1, 0.15) is 45.1 Å². The third-order valence-electron chi connectivity index (χ3n) is 4.44. The summed E-state index contributed by atoms with van der Waals surface area (Å²) in [6, 6.07) is 5.34. The Morgan fingerprint density at radius 1 is 1.32 bits per heavy atom. The molecule has 1 saturated carbocycles. The highest BCUT2D eigenvalue weighted by Gasteiger charge is 2.23.